The van der Waals surface area contributed by atoms with Gasteiger partial charge in [0.2, 0.25) is 0 Å². The topological polar surface area (TPSA) is 30.5 Å². The molecule has 0 radical (unpaired) electrons. The zero-order valence-electron chi connectivity index (χ0n) is 14.5. The van der Waals surface area contributed by atoms with Crippen LogP contribution in [0, 0.1) is 19.8 Å². The highest BCUT2D eigenvalue weighted by Gasteiger charge is 2.10. The molecule has 1 N–H and O–H groups in total. The molecule has 0 heterocycles. The second-order valence-corrected chi connectivity index (χ2v) is 6.29. The van der Waals surface area contributed by atoms with Gasteiger partial charge in [-0.05, 0) is 49.9 Å². The first-order chi connectivity index (χ1) is 9.93. The van der Waals surface area contributed by atoms with Crippen molar-refractivity contribution in [3.05, 3.63) is 28.8 Å². The summed E-state index contributed by atoms with van der Waals surface area (Å²) in [6, 6.07) is 4.44. The van der Waals surface area contributed by atoms with Crippen LogP contribution < -0.4 is 10.1 Å². The lowest BCUT2D eigenvalue weighted by Gasteiger charge is -2.19. The van der Waals surface area contributed by atoms with Crippen molar-refractivity contribution in [3.8, 4) is 5.75 Å². The fourth-order valence-electron chi connectivity index (χ4n) is 2.38. The van der Waals surface area contributed by atoms with Crippen LogP contribution in [-0.2, 0) is 11.3 Å². The zero-order chi connectivity index (χ0) is 15.8. The molecule has 1 aromatic carbocycles. The third-order valence-corrected chi connectivity index (χ3v) is 3.45. The number of hydrogen-bond acceptors (Lipinski definition) is 3. The first kappa shape index (κ1) is 18.0. The summed E-state index contributed by atoms with van der Waals surface area (Å²) in [6.07, 6.45) is 1.08. The molecular weight excluding hydrogens is 262 g/mol. The second kappa shape index (κ2) is 9.06. The molecule has 120 valence electrons. The van der Waals surface area contributed by atoms with Gasteiger partial charge in [0, 0.05) is 26.7 Å². The van der Waals surface area contributed by atoms with E-state index in [0.29, 0.717) is 5.92 Å². The Hall–Kier alpha value is -1.06. The Morgan fingerprint density at radius 1 is 1.10 bits per heavy atom. The molecule has 0 aromatic heterocycles. The predicted molar refractivity (Wildman–Crippen MR) is 89.0 cm³/mol. The van der Waals surface area contributed by atoms with E-state index in [1.807, 2.05) is 0 Å². The average Bonchev–Trinajstić information content (AvgIpc) is 2.40. The molecule has 21 heavy (non-hydrogen) atoms. The summed E-state index contributed by atoms with van der Waals surface area (Å²) in [6.45, 7) is 13.5. The molecule has 1 atom stereocenters. The van der Waals surface area contributed by atoms with Gasteiger partial charge in [0.1, 0.15) is 5.75 Å². The van der Waals surface area contributed by atoms with Crippen LogP contribution in [0.1, 0.15) is 43.9 Å². The van der Waals surface area contributed by atoms with Crippen LogP contribution in [0.15, 0.2) is 12.1 Å². The lowest BCUT2D eigenvalue weighted by molar-refractivity contribution is 0.134. The summed E-state index contributed by atoms with van der Waals surface area (Å²) in [5.41, 5.74) is 3.74. The van der Waals surface area contributed by atoms with Gasteiger partial charge in [-0.3, -0.25) is 0 Å². The zero-order valence-corrected chi connectivity index (χ0v) is 14.5. The molecule has 0 spiro atoms. The number of hydrogen-bond donors (Lipinski definition) is 1. The molecule has 0 bridgehead atoms. The molecule has 3 heteroatoms. The van der Waals surface area contributed by atoms with E-state index >= 15 is 0 Å². The van der Waals surface area contributed by atoms with E-state index in [1.165, 1.54) is 16.7 Å². The van der Waals surface area contributed by atoms with Crippen LogP contribution in [0.3, 0.4) is 0 Å². The maximum Gasteiger partial charge on any atom is 0.125 e. The van der Waals surface area contributed by atoms with Gasteiger partial charge in [-0.25, -0.2) is 0 Å². The second-order valence-electron chi connectivity index (χ2n) is 6.29. The number of ether oxygens (including phenoxy) is 2. The summed E-state index contributed by atoms with van der Waals surface area (Å²) < 4.78 is 11.2. The van der Waals surface area contributed by atoms with Gasteiger partial charge in [-0.1, -0.05) is 26.0 Å². The van der Waals surface area contributed by atoms with Crippen LogP contribution in [0.25, 0.3) is 0 Å². The van der Waals surface area contributed by atoms with Crippen LogP contribution in [0.5, 0.6) is 5.75 Å². The molecule has 1 rings (SSSR count). The summed E-state index contributed by atoms with van der Waals surface area (Å²) in [5.74, 6) is 1.70. The van der Waals surface area contributed by atoms with Crippen molar-refractivity contribution in [2.24, 2.45) is 5.92 Å². The van der Waals surface area contributed by atoms with Crippen LogP contribution in [-0.4, -0.2) is 26.4 Å². The molecule has 3 nitrogen and oxygen atoms in total. The Morgan fingerprint density at radius 3 is 2.24 bits per heavy atom. The van der Waals surface area contributed by atoms with E-state index in [9.17, 15) is 0 Å². The minimum atomic E-state index is 0.173. The minimum absolute atomic E-state index is 0.173. The average molecular weight is 293 g/mol. The quantitative estimate of drug-likeness (QED) is 0.750. The predicted octanol–water partition coefficient (Wildman–Crippen LogP) is 3.85. The highest BCUT2D eigenvalue weighted by atomic mass is 16.5. The summed E-state index contributed by atoms with van der Waals surface area (Å²) in [7, 11) is 1.72. The van der Waals surface area contributed by atoms with Gasteiger partial charge in [0.25, 0.3) is 0 Å². The van der Waals surface area contributed by atoms with Crippen LogP contribution >= 0.6 is 0 Å². The SMILES string of the molecule is COCCC(C)Oc1c(C)cc(CNCC(C)C)cc1C. The highest BCUT2D eigenvalue weighted by Crippen LogP contribution is 2.26. The fraction of sp³-hybridized carbons (Fsp3) is 0.667. The first-order valence-corrected chi connectivity index (χ1v) is 7.90. The highest BCUT2D eigenvalue weighted by molar-refractivity contribution is 5.43. The summed E-state index contributed by atoms with van der Waals surface area (Å²) in [4.78, 5) is 0. The Balaban J connectivity index is 2.66. The van der Waals surface area contributed by atoms with Crippen LogP contribution in [0.2, 0.25) is 0 Å². The van der Waals surface area contributed by atoms with Crippen molar-refractivity contribution in [2.75, 3.05) is 20.3 Å². The Morgan fingerprint density at radius 2 is 1.71 bits per heavy atom. The van der Waals surface area contributed by atoms with Gasteiger partial charge in [0.15, 0.2) is 0 Å². The van der Waals surface area contributed by atoms with Crippen molar-refractivity contribution in [3.63, 3.8) is 0 Å². The maximum atomic E-state index is 6.08. The van der Waals surface area contributed by atoms with Crippen molar-refractivity contribution >= 4 is 0 Å². The van der Waals surface area contributed by atoms with Gasteiger partial charge < -0.3 is 14.8 Å². The van der Waals surface area contributed by atoms with E-state index in [-0.39, 0.29) is 6.10 Å². The molecule has 1 aromatic rings. The molecule has 0 aliphatic rings. The maximum absolute atomic E-state index is 6.08. The third kappa shape index (κ3) is 6.49. The molecule has 0 aliphatic heterocycles. The van der Waals surface area contributed by atoms with Gasteiger partial charge in [0.05, 0.1) is 6.10 Å². The van der Waals surface area contributed by atoms with Crippen LogP contribution in [0.4, 0.5) is 0 Å². The molecule has 0 aliphatic carbocycles. The molecule has 0 saturated carbocycles. The Kier molecular flexibility index (Phi) is 7.76. The molecular formula is C18H31NO2. The van der Waals surface area contributed by atoms with E-state index < -0.39 is 0 Å². The Bertz CT molecular complexity index is 406. The van der Waals surface area contributed by atoms with Gasteiger partial charge >= 0.3 is 0 Å². The summed E-state index contributed by atoms with van der Waals surface area (Å²) in [5, 5.41) is 3.49. The molecule has 0 saturated heterocycles. The molecule has 0 amide bonds. The van der Waals surface area contributed by atoms with Gasteiger partial charge in [-0.15, -0.1) is 0 Å². The van der Waals surface area contributed by atoms with E-state index in [2.05, 4.69) is 52.1 Å². The van der Waals surface area contributed by atoms with E-state index in [1.54, 1.807) is 7.11 Å². The molecule has 0 fully saturated rings. The monoisotopic (exact) mass is 293 g/mol. The number of aryl methyl sites for hydroxylation is 2. The number of rotatable bonds is 9. The first-order valence-electron chi connectivity index (χ1n) is 7.90. The summed E-state index contributed by atoms with van der Waals surface area (Å²) >= 11 is 0. The fourth-order valence-corrected chi connectivity index (χ4v) is 2.38. The standard InChI is InChI=1S/C18H31NO2/c1-13(2)11-19-12-17-9-14(3)18(15(4)10-17)21-16(5)7-8-20-6/h9-10,13,16,19H,7-8,11-12H2,1-6H3. The lowest BCUT2D eigenvalue weighted by Crippen LogP contribution is -2.19. The van der Waals surface area contributed by atoms with Gasteiger partial charge in [-0.2, -0.15) is 0 Å². The number of methoxy groups -OCH3 is 1. The largest absolute Gasteiger partial charge is 0.490 e. The van der Waals surface area contributed by atoms with Crippen molar-refractivity contribution in [1.29, 1.82) is 0 Å². The number of nitrogens with one attached hydrogen (secondary N) is 1. The smallest absolute Gasteiger partial charge is 0.125 e. The third-order valence-electron chi connectivity index (χ3n) is 3.45. The lowest BCUT2D eigenvalue weighted by atomic mass is 10.1. The van der Waals surface area contributed by atoms with Crippen molar-refractivity contribution in [1.82, 2.24) is 5.32 Å². The van der Waals surface area contributed by atoms with E-state index in [4.69, 9.17) is 9.47 Å². The van der Waals surface area contributed by atoms with Crippen molar-refractivity contribution in [2.45, 2.75) is 53.7 Å². The minimum Gasteiger partial charge on any atom is -0.490 e. The molecule has 1 unspecified atom stereocenters. The van der Waals surface area contributed by atoms with E-state index in [0.717, 1.165) is 31.9 Å². The number of benzene rings is 1. The van der Waals surface area contributed by atoms with Crippen molar-refractivity contribution < 1.29 is 9.47 Å². The Labute approximate surface area is 130 Å². The normalized spacial score (nSPS) is 12.7.